The Hall–Kier alpha value is -3.38. The van der Waals surface area contributed by atoms with Gasteiger partial charge in [-0.05, 0) is 36.4 Å². The van der Waals surface area contributed by atoms with Gasteiger partial charge >= 0.3 is 0 Å². The van der Waals surface area contributed by atoms with Gasteiger partial charge in [0.1, 0.15) is 0 Å². The number of fused-ring (bicyclic) bond motifs is 2. The quantitative estimate of drug-likeness (QED) is 0.511. The van der Waals surface area contributed by atoms with Crippen molar-refractivity contribution in [2.45, 2.75) is 19.5 Å². The summed E-state index contributed by atoms with van der Waals surface area (Å²) in [5.41, 5.74) is 5.63. The molecule has 0 N–H and O–H groups in total. The number of rotatable bonds is 4. The van der Waals surface area contributed by atoms with Crippen LogP contribution in [0.5, 0.6) is 0 Å². The van der Waals surface area contributed by atoms with Crippen molar-refractivity contribution >= 4 is 16.7 Å². The highest BCUT2D eigenvalue weighted by Crippen LogP contribution is 2.24. The van der Waals surface area contributed by atoms with Gasteiger partial charge in [-0.3, -0.25) is 19.7 Å². The van der Waals surface area contributed by atoms with Crippen LogP contribution in [0.3, 0.4) is 0 Å². The van der Waals surface area contributed by atoms with Gasteiger partial charge in [-0.25, -0.2) is 4.98 Å². The minimum Gasteiger partial charge on any atom is -0.443 e. The Morgan fingerprint density at radius 2 is 1.96 bits per heavy atom. The Kier molecular flexibility index (Phi) is 3.98. The molecule has 1 aromatic carbocycles. The van der Waals surface area contributed by atoms with E-state index >= 15 is 0 Å². The molecule has 0 fully saturated rings. The lowest BCUT2D eigenvalue weighted by atomic mass is 10.0. The van der Waals surface area contributed by atoms with Crippen molar-refractivity contribution in [1.82, 2.24) is 19.9 Å². The highest BCUT2D eigenvalue weighted by Gasteiger charge is 2.18. The van der Waals surface area contributed by atoms with Crippen molar-refractivity contribution < 1.29 is 9.21 Å². The third-order valence-corrected chi connectivity index (χ3v) is 5.09. The summed E-state index contributed by atoms with van der Waals surface area (Å²) in [6.07, 6.45) is 6.75. The zero-order valence-electron chi connectivity index (χ0n) is 15.4. The fourth-order valence-electron chi connectivity index (χ4n) is 3.67. The van der Waals surface area contributed by atoms with E-state index in [1.165, 1.54) is 17.5 Å². The Morgan fingerprint density at radius 3 is 2.82 bits per heavy atom. The summed E-state index contributed by atoms with van der Waals surface area (Å²) in [6.45, 7) is 1.83. The van der Waals surface area contributed by atoms with E-state index in [1.807, 2.05) is 24.3 Å². The first-order valence-corrected chi connectivity index (χ1v) is 9.13. The second kappa shape index (κ2) is 6.65. The lowest BCUT2D eigenvalue weighted by molar-refractivity contribution is 0.0992. The number of Topliss-reactive ketones (excluding diaryl/α,β-unsaturated/α-hetero) is 1. The zero-order chi connectivity index (χ0) is 19.1. The minimum absolute atomic E-state index is 0.0727. The van der Waals surface area contributed by atoms with Gasteiger partial charge in [0, 0.05) is 41.5 Å². The summed E-state index contributed by atoms with van der Waals surface area (Å²) >= 11 is 0. The third-order valence-electron chi connectivity index (χ3n) is 5.09. The van der Waals surface area contributed by atoms with Crippen molar-refractivity contribution in [3.05, 3.63) is 77.7 Å². The van der Waals surface area contributed by atoms with Crippen LogP contribution in [0.25, 0.3) is 22.2 Å². The molecule has 28 heavy (non-hydrogen) atoms. The van der Waals surface area contributed by atoms with E-state index in [2.05, 4.69) is 33.0 Å². The molecular weight excluding hydrogens is 352 g/mol. The SMILES string of the molecule is CN1Cc2ccc(C(=O)Cc3cc4cc(-c5cnco5)cnc4cn3)cc2C1. The van der Waals surface area contributed by atoms with E-state index in [0.717, 1.165) is 40.8 Å². The molecule has 1 aliphatic heterocycles. The predicted molar refractivity (Wildman–Crippen MR) is 105 cm³/mol. The van der Waals surface area contributed by atoms with Crippen LogP contribution in [-0.2, 0) is 19.5 Å². The number of hydrogen-bond donors (Lipinski definition) is 0. The Labute approximate surface area is 161 Å². The molecule has 4 aromatic rings. The number of nitrogens with zero attached hydrogens (tertiary/aromatic N) is 4. The van der Waals surface area contributed by atoms with E-state index in [4.69, 9.17) is 4.42 Å². The summed E-state index contributed by atoms with van der Waals surface area (Å²) in [7, 11) is 2.08. The van der Waals surface area contributed by atoms with Gasteiger partial charge in [-0.2, -0.15) is 0 Å². The van der Waals surface area contributed by atoms with Crippen molar-refractivity contribution in [2.24, 2.45) is 0 Å². The minimum atomic E-state index is 0.0727. The Morgan fingerprint density at radius 1 is 1.07 bits per heavy atom. The number of carbonyl (C=O) groups is 1. The van der Waals surface area contributed by atoms with Crippen molar-refractivity contribution in [3.8, 4) is 11.3 Å². The van der Waals surface area contributed by atoms with Crippen LogP contribution >= 0.6 is 0 Å². The van der Waals surface area contributed by atoms with Gasteiger partial charge < -0.3 is 4.42 Å². The van der Waals surface area contributed by atoms with Gasteiger partial charge in [-0.1, -0.05) is 12.1 Å². The maximum atomic E-state index is 12.8. The lowest BCUT2D eigenvalue weighted by Gasteiger charge is -2.06. The average molecular weight is 370 g/mol. The second-order valence-corrected chi connectivity index (χ2v) is 7.21. The van der Waals surface area contributed by atoms with Gasteiger partial charge in [0.2, 0.25) is 0 Å². The van der Waals surface area contributed by atoms with E-state index < -0.39 is 0 Å². The number of ketones is 1. The molecule has 1 aliphatic rings. The number of aromatic nitrogens is 3. The number of carbonyl (C=O) groups excluding carboxylic acids is 1. The Bertz CT molecular complexity index is 1180. The molecule has 0 saturated heterocycles. The van der Waals surface area contributed by atoms with Crippen LogP contribution in [0.1, 0.15) is 27.2 Å². The largest absolute Gasteiger partial charge is 0.443 e. The van der Waals surface area contributed by atoms with Crippen LogP contribution in [0.15, 0.2) is 59.7 Å². The van der Waals surface area contributed by atoms with Crippen molar-refractivity contribution in [1.29, 1.82) is 0 Å². The third kappa shape index (κ3) is 3.08. The fraction of sp³-hybridized carbons (Fsp3) is 0.182. The highest BCUT2D eigenvalue weighted by atomic mass is 16.3. The summed E-state index contributed by atoms with van der Waals surface area (Å²) in [4.78, 5) is 27.8. The van der Waals surface area contributed by atoms with E-state index in [1.54, 1.807) is 18.6 Å². The number of benzene rings is 1. The molecule has 0 aliphatic carbocycles. The van der Waals surface area contributed by atoms with Crippen molar-refractivity contribution in [3.63, 3.8) is 0 Å². The van der Waals surface area contributed by atoms with Crippen molar-refractivity contribution in [2.75, 3.05) is 7.05 Å². The first-order valence-electron chi connectivity index (χ1n) is 9.13. The van der Waals surface area contributed by atoms with E-state index in [9.17, 15) is 4.79 Å². The molecule has 0 atom stereocenters. The molecule has 0 radical (unpaired) electrons. The molecule has 3 aromatic heterocycles. The molecule has 0 spiro atoms. The summed E-state index contributed by atoms with van der Waals surface area (Å²) in [5.74, 6) is 0.732. The molecule has 5 rings (SSSR count). The molecule has 6 heteroatoms. The summed E-state index contributed by atoms with van der Waals surface area (Å²) in [6, 6.07) is 9.90. The molecule has 138 valence electrons. The monoisotopic (exact) mass is 370 g/mol. The highest BCUT2D eigenvalue weighted by molar-refractivity contribution is 5.98. The topological polar surface area (TPSA) is 72.1 Å². The maximum Gasteiger partial charge on any atom is 0.181 e. The van der Waals surface area contributed by atoms with Crippen LogP contribution in [0.2, 0.25) is 0 Å². The van der Waals surface area contributed by atoms with E-state index in [0.29, 0.717) is 5.76 Å². The molecule has 0 bridgehead atoms. The average Bonchev–Trinajstić information content (AvgIpc) is 3.35. The number of hydrogen-bond acceptors (Lipinski definition) is 6. The summed E-state index contributed by atoms with van der Waals surface area (Å²) in [5, 5.41) is 0.919. The summed E-state index contributed by atoms with van der Waals surface area (Å²) < 4.78 is 5.34. The van der Waals surface area contributed by atoms with Gasteiger partial charge in [0.25, 0.3) is 0 Å². The van der Waals surface area contributed by atoms with Gasteiger partial charge in [0.15, 0.2) is 17.9 Å². The smallest absolute Gasteiger partial charge is 0.181 e. The van der Waals surface area contributed by atoms with E-state index in [-0.39, 0.29) is 12.2 Å². The fourth-order valence-corrected chi connectivity index (χ4v) is 3.67. The maximum absolute atomic E-state index is 12.8. The zero-order valence-corrected chi connectivity index (χ0v) is 15.4. The van der Waals surface area contributed by atoms with Crippen LogP contribution in [-0.4, -0.2) is 32.7 Å². The standard InChI is InChI=1S/C22H18N4O2/c1-26-11-15-3-2-14(4-18(15)12-26)21(27)7-19-6-16-5-17(22-10-23-13-28-22)8-25-20(16)9-24-19/h2-6,8-10,13H,7,11-12H2,1H3. The first-order chi connectivity index (χ1) is 13.7. The van der Waals surface area contributed by atoms with Gasteiger partial charge in [0.05, 0.1) is 24.3 Å². The molecule has 0 amide bonds. The van der Waals surface area contributed by atoms with Crippen LogP contribution in [0, 0.1) is 0 Å². The van der Waals surface area contributed by atoms with Gasteiger partial charge in [-0.15, -0.1) is 0 Å². The molecule has 6 nitrogen and oxygen atoms in total. The Balaban J connectivity index is 1.42. The molecular formula is C22H18N4O2. The van der Waals surface area contributed by atoms with Crippen LogP contribution in [0.4, 0.5) is 0 Å². The predicted octanol–water partition coefficient (Wildman–Crippen LogP) is 3.66. The molecule has 0 unspecified atom stereocenters. The second-order valence-electron chi connectivity index (χ2n) is 7.21. The number of oxazole rings is 1. The first kappa shape index (κ1) is 16.8. The lowest BCUT2D eigenvalue weighted by Crippen LogP contribution is -2.07. The van der Waals surface area contributed by atoms with Crippen LogP contribution < -0.4 is 0 Å². The molecule has 4 heterocycles. The normalized spacial score (nSPS) is 13.8. The molecule has 0 saturated carbocycles. The number of pyridine rings is 2.